The van der Waals surface area contributed by atoms with Crippen LogP contribution < -0.4 is 10.5 Å². The Morgan fingerprint density at radius 3 is 2.64 bits per heavy atom. The highest BCUT2D eigenvalue weighted by atomic mass is 19.1. The molecule has 78 valence electrons. The maximum absolute atomic E-state index is 13.2. The molecule has 14 heavy (non-hydrogen) atoms. The van der Waals surface area contributed by atoms with Crippen molar-refractivity contribution >= 4 is 0 Å². The monoisotopic (exact) mass is 197 g/mol. The molecule has 0 amide bonds. The molecule has 0 aromatic heterocycles. The topological polar surface area (TPSA) is 35.2 Å². The first-order valence-electron chi connectivity index (χ1n) is 4.74. The fourth-order valence-corrected chi connectivity index (χ4v) is 1.31. The minimum Gasteiger partial charge on any atom is -0.494 e. The molecule has 0 aliphatic rings. The van der Waals surface area contributed by atoms with E-state index in [1.165, 1.54) is 6.07 Å². The number of aryl methyl sites for hydroxylation is 1. The zero-order valence-electron chi connectivity index (χ0n) is 8.80. The fourth-order valence-electron chi connectivity index (χ4n) is 1.31. The van der Waals surface area contributed by atoms with Gasteiger partial charge < -0.3 is 10.5 Å². The lowest BCUT2D eigenvalue weighted by Gasteiger charge is -2.14. The molecule has 0 spiro atoms. The molecular weight excluding hydrogens is 181 g/mol. The van der Waals surface area contributed by atoms with Crippen molar-refractivity contribution in [1.29, 1.82) is 0 Å². The first-order chi connectivity index (χ1) is 6.56. The fraction of sp³-hybridized carbons (Fsp3) is 0.455. The van der Waals surface area contributed by atoms with Crippen LogP contribution in [0.3, 0.4) is 0 Å². The van der Waals surface area contributed by atoms with Crippen molar-refractivity contribution in [2.24, 2.45) is 5.73 Å². The molecule has 2 nitrogen and oxygen atoms in total. The van der Waals surface area contributed by atoms with Gasteiger partial charge >= 0.3 is 0 Å². The quantitative estimate of drug-likeness (QED) is 0.808. The van der Waals surface area contributed by atoms with Crippen LogP contribution in [-0.2, 0) is 0 Å². The van der Waals surface area contributed by atoms with Crippen molar-refractivity contribution in [3.63, 3.8) is 0 Å². The maximum Gasteiger partial charge on any atom is 0.126 e. The molecule has 1 aromatic carbocycles. The van der Waals surface area contributed by atoms with Crippen LogP contribution in [0.5, 0.6) is 5.75 Å². The molecule has 0 unspecified atom stereocenters. The van der Waals surface area contributed by atoms with Gasteiger partial charge in [-0.1, -0.05) is 0 Å². The van der Waals surface area contributed by atoms with Gasteiger partial charge in [-0.2, -0.15) is 0 Å². The van der Waals surface area contributed by atoms with E-state index < -0.39 is 0 Å². The summed E-state index contributed by atoms with van der Waals surface area (Å²) >= 11 is 0. The summed E-state index contributed by atoms with van der Waals surface area (Å²) in [4.78, 5) is 0. The number of rotatable bonds is 3. The van der Waals surface area contributed by atoms with E-state index in [9.17, 15) is 4.39 Å². The van der Waals surface area contributed by atoms with Crippen LogP contribution in [0.2, 0.25) is 0 Å². The van der Waals surface area contributed by atoms with Gasteiger partial charge in [0.2, 0.25) is 0 Å². The van der Waals surface area contributed by atoms with E-state index >= 15 is 0 Å². The predicted octanol–water partition coefficient (Wildman–Crippen LogP) is 2.55. The van der Waals surface area contributed by atoms with Crippen LogP contribution in [0.15, 0.2) is 12.1 Å². The molecule has 0 fully saturated rings. The van der Waals surface area contributed by atoms with Crippen LogP contribution >= 0.6 is 0 Å². The van der Waals surface area contributed by atoms with Crippen molar-refractivity contribution in [1.82, 2.24) is 0 Å². The third kappa shape index (κ3) is 2.23. The first kappa shape index (κ1) is 11.0. The van der Waals surface area contributed by atoms with E-state index in [0.717, 1.165) is 5.56 Å². The highest BCUT2D eigenvalue weighted by molar-refractivity contribution is 5.39. The van der Waals surface area contributed by atoms with E-state index in [1.54, 1.807) is 13.0 Å². The maximum atomic E-state index is 13.2. The molecule has 0 saturated heterocycles. The summed E-state index contributed by atoms with van der Waals surface area (Å²) in [6, 6.07) is 2.93. The Balaban J connectivity index is 3.17. The highest BCUT2D eigenvalue weighted by Crippen LogP contribution is 2.26. The second-order valence-corrected chi connectivity index (χ2v) is 3.36. The molecule has 0 aliphatic heterocycles. The number of benzene rings is 1. The Labute approximate surface area is 83.9 Å². The van der Waals surface area contributed by atoms with Gasteiger partial charge in [0, 0.05) is 11.6 Å². The molecule has 0 heterocycles. The average molecular weight is 197 g/mol. The summed E-state index contributed by atoms with van der Waals surface area (Å²) in [5, 5.41) is 0. The van der Waals surface area contributed by atoms with Gasteiger partial charge in [0.15, 0.2) is 0 Å². The van der Waals surface area contributed by atoms with E-state index in [1.807, 2.05) is 13.8 Å². The van der Waals surface area contributed by atoms with Gasteiger partial charge in [0.25, 0.3) is 0 Å². The van der Waals surface area contributed by atoms with E-state index in [2.05, 4.69) is 0 Å². The van der Waals surface area contributed by atoms with E-state index in [4.69, 9.17) is 10.5 Å². The van der Waals surface area contributed by atoms with Gasteiger partial charge in [-0.3, -0.25) is 0 Å². The lowest BCUT2D eigenvalue weighted by Crippen LogP contribution is -2.09. The largest absolute Gasteiger partial charge is 0.494 e. The van der Waals surface area contributed by atoms with Crippen LogP contribution in [0.4, 0.5) is 4.39 Å². The summed E-state index contributed by atoms with van der Waals surface area (Å²) in [7, 11) is 0. The number of ether oxygens (including phenoxy) is 1. The third-order valence-electron chi connectivity index (χ3n) is 2.08. The molecule has 1 aromatic rings. The summed E-state index contributed by atoms with van der Waals surface area (Å²) in [6.45, 7) is 5.98. The molecule has 0 saturated carbocycles. The summed E-state index contributed by atoms with van der Waals surface area (Å²) < 4.78 is 18.6. The number of halogens is 1. The molecule has 1 atom stereocenters. The highest BCUT2D eigenvalue weighted by Gasteiger charge is 2.11. The van der Waals surface area contributed by atoms with Crippen LogP contribution in [0, 0.1) is 12.7 Å². The van der Waals surface area contributed by atoms with Crippen LogP contribution in [0.25, 0.3) is 0 Å². The number of nitrogens with two attached hydrogens (primary N) is 1. The number of hydrogen-bond donors (Lipinski definition) is 1. The van der Waals surface area contributed by atoms with Crippen molar-refractivity contribution in [3.8, 4) is 5.75 Å². The molecular formula is C11H16FNO. The van der Waals surface area contributed by atoms with Gasteiger partial charge in [-0.05, 0) is 38.5 Å². The summed E-state index contributed by atoms with van der Waals surface area (Å²) in [5.74, 6) is 0.446. The summed E-state index contributed by atoms with van der Waals surface area (Å²) in [5.41, 5.74) is 7.02. The minimum absolute atomic E-state index is 0.216. The normalized spacial score (nSPS) is 12.6. The summed E-state index contributed by atoms with van der Waals surface area (Å²) in [6.07, 6.45) is 0. The minimum atomic E-state index is -0.235. The smallest absolute Gasteiger partial charge is 0.126 e. The standard InChI is InChI=1S/C11H16FNO/c1-4-14-11-5-7(2)10(12)6-9(11)8(3)13/h5-6,8H,4,13H2,1-3H3/t8-/m1/s1. The van der Waals surface area contributed by atoms with E-state index in [0.29, 0.717) is 17.9 Å². The van der Waals surface area contributed by atoms with Gasteiger partial charge in [0.05, 0.1) is 6.61 Å². The predicted molar refractivity (Wildman–Crippen MR) is 54.9 cm³/mol. The van der Waals surface area contributed by atoms with Crippen molar-refractivity contribution in [3.05, 3.63) is 29.1 Å². The van der Waals surface area contributed by atoms with Gasteiger partial charge in [-0.25, -0.2) is 4.39 Å². The van der Waals surface area contributed by atoms with Gasteiger partial charge in [-0.15, -0.1) is 0 Å². The van der Waals surface area contributed by atoms with E-state index in [-0.39, 0.29) is 11.9 Å². The van der Waals surface area contributed by atoms with Crippen molar-refractivity contribution in [2.45, 2.75) is 26.8 Å². The van der Waals surface area contributed by atoms with Crippen LogP contribution in [0.1, 0.15) is 31.0 Å². The molecule has 0 radical (unpaired) electrons. The molecule has 1 rings (SSSR count). The Morgan fingerprint density at radius 1 is 1.50 bits per heavy atom. The molecule has 0 aliphatic carbocycles. The number of hydrogen-bond acceptors (Lipinski definition) is 2. The zero-order valence-corrected chi connectivity index (χ0v) is 8.80. The van der Waals surface area contributed by atoms with Crippen molar-refractivity contribution in [2.75, 3.05) is 6.61 Å². The zero-order chi connectivity index (χ0) is 10.7. The third-order valence-corrected chi connectivity index (χ3v) is 2.08. The van der Waals surface area contributed by atoms with Gasteiger partial charge in [0.1, 0.15) is 11.6 Å². The lowest BCUT2D eigenvalue weighted by molar-refractivity contribution is 0.333. The first-order valence-corrected chi connectivity index (χ1v) is 4.74. The lowest BCUT2D eigenvalue weighted by atomic mass is 10.1. The Morgan fingerprint density at radius 2 is 2.14 bits per heavy atom. The second-order valence-electron chi connectivity index (χ2n) is 3.36. The Bertz CT molecular complexity index is 323. The van der Waals surface area contributed by atoms with Crippen LogP contribution in [-0.4, -0.2) is 6.61 Å². The Kier molecular flexibility index (Phi) is 3.47. The Hall–Kier alpha value is -1.09. The SMILES string of the molecule is CCOc1cc(C)c(F)cc1[C@@H](C)N. The van der Waals surface area contributed by atoms with Crippen molar-refractivity contribution < 1.29 is 9.13 Å². The average Bonchev–Trinajstić information content (AvgIpc) is 2.11. The molecule has 0 bridgehead atoms. The molecule has 3 heteroatoms. The molecule has 2 N–H and O–H groups in total. The second kappa shape index (κ2) is 4.42.